The fraction of sp³-hybridized carbons (Fsp3) is 0.0213. The second-order valence-electron chi connectivity index (χ2n) is 12.9. The van der Waals surface area contributed by atoms with E-state index >= 15 is 0 Å². The summed E-state index contributed by atoms with van der Waals surface area (Å²) in [6, 6.07) is 63.9. The summed E-state index contributed by atoms with van der Waals surface area (Å²) in [6.45, 7) is 0. The fourth-order valence-corrected chi connectivity index (χ4v) is 8.17. The highest BCUT2D eigenvalue weighted by molar-refractivity contribution is 6.04. The quantitative estimate of drug-likeness (QED) is 0.183. The summed E-state index contributed by atoms with van der Waals surface area (Å²) in [5, 5.41) is 4.62. The lowest BCUT2D eigenvalue weighted by Gasteiger charge is -2.34. The minimum atomic E-state index is -0.504. The second kappa shape index (κ2) is 10.8. The Labute approximate surface area is 285 Å². The Kier molecular flexibility index (Phi) is 6.13. The number of hydrogen-bond acceptors (Lipinski definition) is 2. The Bertz CT molecular complexity index is 2670. The molecule has 0 N–H and O–H groups in total. The molecular formula is C47H30N2. The zero-order valence-corrected chi connectivity index (χ0v) is 26.7. The van der Waals surface area contributed by atoms with Crippen molar-refractivity contribution in [3.63, 3.8) is 0 Å². The predicted octanol–water partition coefficient (Wildman–Crippen LogP) is 11.6. The van der Waals surface area contributed by atoms with E-state index in [2.05, 4.69) is 170 Å². The normalized spacial score (nSPS) is 13.1. The van der Waals surface area contributed by atoms with Crippen molar-refractivity contribution >= 4 is 32.6 Å². The Morgan fingerprint density at radius 3 is 1.80 bits per heavy atom. The molecule has 1 aliphatic carbocycles. The molecule has 0 saturated carbocycles. The van der Waals surface area contributed by atoms with E-state index < -0.39 is 5.41 Å². The van der Waals surface area contributed by atoms with Gasteiger partial charge in [-0.05, 0) is 85.6 Å². The van der Waals surface area contributed by atoms with E-state index in [-0.39, 0.29) is 0 Å². The largest absolute Gasteiger partial charge is 0.254 e. The Balaban J connectivity index is 1.34. The number of aromatic nitrogens is 2. The lowest BCUT2D eigenvalue weighted by molar-refractivity contribution is 0.769. The molecule has 2 nitrogen and oxygen atoms in total. The number of fused-ring (bicyclic) bond motifs is 7. The van der Waals surface area contributed by atoms with Gasteiger partial charge in [-0.25, -0.2) is 4.98 Å². The van der Waals surface area contributed by atoms with Gasteiger partial charge >= 0.3 is 0 Å². The summed E-state index contributed by atoms with van der Waals surface area (Å²) in [5.74, 6) is 0. The van der Waals surface area contributed by atoms with Crippen LogP contribution in [0.15, 0.2) is 182 Å². The van der Waals surface area contributed by atoms with Crippen LogP contribution in [-0.4, -0.2) is 9.97 Å². The van der Waals surface area contributed by atoms with E-state index in [0.29, 0.717) is 0 Å². The van der Waals surface area contributed by atoms with Gasteiger partial charge in [0.15, 0.2) is 0 Å². The zero-order valence-electron chi connectivity index (χ0n) is 26.7. The molecule has 2 aromatic heterocycles. The molecule has 228 valence electrons. The van der Waals surface area contributed by atoms with E-state index in [1.807, 2.05) is 12.3 Å². The minimum absolute atomic E-state index is 0.504. The highest BCUT2D eigenvalue weighted by Gasteiger charge is 2.46. The van der Waals surface area contributed by atoms with Crippen LogP contribution in [0.5, 0.6) is 0 Å². The van der Waals surface area contributed by atoms with Crippen molar-refractivity contribution in [2.45, 2.75) is 5.41 Å². The van der Waals surface area contributed by atoms with Crippen LogP contribution in [0.1, 0.15) is 22.3 Å². The number of benzene rings is 7. The molecule has 0 saturated heterocycles. The van der Waals surface area contributed by atoms with Gasteiger partial charge in [-0.2, -0.15) is 0 Å². The Hall–Kier alpha value is -6.38. The predicted molar refractivity (Wildman–Crippen MR) is 203 cm³/mol. The molecule has 0 aliphatic heterocycles. The van der Waals surface area contributed by atoms with Crippen molar-refractivity contribution in [1.82, 2.24) is 9.97 Å². The molecule has 0 radical (unpaired) electrons. The number of hydrogen-bond donors (Lipinski definition) is 0. The second-order valence-corrected chi connectivity index (χ2v) is 12.9. The van der Waals surface area contributed by atoms with Crippen LogP contribution in [-0.2, 0) is 5.41 Å². The molecule has 2 heterocycles. The van der Waals surface area contributed by atoms with Crippen molar-refractivity contribution < 1.29 is 0 Å². The van der Waals surface area contributed by atoms with Crippen LogP contribution in [0, 0.1) is 0 Å². The first-order valence-corrected chi connectivity index (χ1v) is 16.8. The van der Waals surface area contributed by atoms with Crippen LogP contribution in [0.3, 0.4) is 0 Å². The van der Waals surface area contributed by atoms with E-state index in [9.17, 15) is 0 Å². The summed E-state index contributed by atoms with van der Waals surface area (Å²) in [4.78, 5) is 10.2. The molecule has 2 heteroatoms. The van der Waals surface area contributed by atoms with E-state index in [0.717, 1.165) is 38.6 Å². The number of pyridine rings is 2. The highest BCUT2D eigenvalue weighted by atomic mass is 14.8. The summed E-state index contributed by atoms with van der Waals surface area (Å²) in [6.07, 6.45) is 1.86. The molecule has 0 fully saturated rings. The van der Waals surface area contributed by atoms with E-state index in [1.54, 1.807) is 0 Å². The van der Waals surface area contributed by atoms with Crippen LogP contribution < -0.4 is 0 Å². The van der Waals surface area contributed by atoms with Crippen LogP contribution >= 0.6 is 0 Å². The molecule has 0 bridgehead atoms. The number of rotatable bonds is 4. The van der Waals surface area contributed by atoms with Gasteiger partial charge in [0.25, 0.3) is 0 Å². The third-order valence-corrected chi connectivity index (χ3v) is 10.4. The summed E-state index contributed by atoms with van der Waals surface area (Å²) < 4.78 is 0. The first-order chi connectivity index (χ1) is 24.3. The van der Waals surface area contributed by atoms with Gasteiger partial charge in [0.05, 0.1) is 22.1 Å². The van der Waals surface area contributed by atoms with Crippen LogP contribution in [0.2, 0.25) is 0 Å². The molecule has 1 aliphatic rings. The molecule has 10 rings (SSSR count). The minimum Gasteiger partial charge on any atom is -0.254 e. The van der Waals surface area contributed by atoms with Gasteiger partial charge in [-0.15, -0.1) is 0 Å². The van der Waals surface area contributed by atoms with Crippen molar-refractivity contribution in [2.24, 2.45) is 0 Å². The first-order valence-electron chi connectivity index (χ1n) is 16.8. The molecule has 9 aromatic rings. The third kappa shape index (κ3) is 4.14. The maximum atomic E-state index is 5.43. The Morgan fingerprint density at radius 2 is 1.00 bits per heavy atom. The Morgan fingerprint density at radius 1 is 0.367 bits per heavy atom. The zero-order chi connectivity index (χ0) is 32.4. The van der Waals surface area contributed by atoms with Gasteiger partial charge < -0.3 is 0 Å². The maximum absolute atomic E-state index is 5.43. The van der Waals surface area contributed by atoms with Crippen molar-refractivity contribution in [1.29, 1.82) is 0 Å². The standard InChI is InChI=1S/C47H30N2/c1-3-15-36(16-4-1)47(37-17-5-2-6-18-37)42-20-10-9-19-38(42)40-29-39(35-24-21-31-12-7-8-13-34(31)28-35)41(30-43(40)47)44-26-25-33-23-22-32-14-11-27-48-45(32)46(33)49-44/h1-30H. The van der Waals surface area contributed by atoms with Crippen molar-refractivity contribution in [3.8, 4) is 33.5 Å². The average Bonchev–Trinajstić information content (AvgIpc) is 3.48. The fourth-order valence-electron chi connectivity index (χ4n) is 8.17. The van der Waals surface area contributed by atoms with Gasteiger partial charge in [0.2, 0.25) is 0 Å². The van der Waals surface area contributed by atoms with Gasteiger partial charge in [0.1, 0.15) is 0 Å². The lowest BCUT2D eigenvalue weighted by atomic mass is 9.67. The third-order valence-electron chi connectivity index (χ3n) is 10.4. The monoisotopic (exact) mass is 622 g/mol. The summed E-state index contributed by atoms with van der Waals surface area (Å²) in [5.41, 5.74) is 13.3. The molecular weight excluding hydrogens is 593 g/mol. The maximum Gasteiger partial charge on any atom is 0.0972 e. The SMILES string of the molecule is c1ccc(C2(c3ccccc3)c3ccccc3-c3cc(-c4ccc5ccccc5c4)c(-c4ccc5ccc6cccnc6c5n4)cc32)cc1. The molecule has 7 aromatic carbocycles. The molecule has 49 heavy (non-hydrogen) atoms. The summed E-state index contributed by atoms with van der Waals surface area (Å²) in [7, 11) is 0. The molecule has 0 unspecified atom stereocenters. The molecule has 0 spiro atoms. The smallest absolute Gasteiger partial charge is 0.0972 e. The topological polar surface area (TPSA) is 25.8 Å². The number of nitrogens with zero attached hydrogens (tertiary/aromatic N) is 2. The van der Waals surface area contributed by atoms with Gasteiger partial charge in [-0.1, -0.05) is 146 Å². The van der Waals surface area contributed by atoms with Gasteiger partial charge in [-0.3, -0.25) is 4.98 Å². The van der Waals surface area contributed by atoms with Crippen LogP contribution in [0.4, 0.5) is 0 Å². The molecule has 0 atom stereocenters. The molecule has 0 amide bonds. The summed E-state index contributed by atoms with van der Waals surface area (Å²) >= 11 is 0. The lowest BCUT2D eigenvalue weighted by Crippen LogP contribution is -2.28. The van der Waals surface area contributed by atoms with Crippen LogP contribution in [0.25, 0.3) is 66.1 Å². The highest BCUT2D eigenvalue weighted by Crippen LogP contribution is 2.58. The van der Waals surface area contributed by atoms with E-state index in [4.69, 9.17) is 9.97 Å². The first kappa shape index (κ1) is 27.7. The van der Waals surface area contributed by atoms with Crippen molar-refractivity contribution in [2.75, 3.05) is 0 Å². The van der Waals surface area contributed by atoms with Gasteiger partial charge in [0, 0.05) is 22.5 Å². The van der Waals surface area contributed by atoms with E-state index in [1.165, 1.54) is 49.7 Å². The van der Waals surface area contributed by atoms with Crippen molar-refractivity contribution in [3.05, 3.63) is 204 Å². The average molecular weight is 623 g/mol.